The highest BCUT2D eigenvalue weighted by Crippen LogP contribution is 2.10. The standard InChI is InChI=1S/C14H19NO5S/c1-10-5-6-13(11(2)9-10)14(17)15-21(18,19)8-4-7-20-12(3)16/h5-6,9H,4,7-8H2,1-3H3,(H,15,17). The summed E-state index contributed by atoms with van der Waals surface area (Å²) in [5, 5.41) is 0. The van der Waals surface area contributed by atoms with Crippen LogP contribution in [0.2, 0.25) is 0 Å². The van der Waals surface area contributed by atoms with Crippen LogP contribution in [0.15, 0.2) is 18.2 Å². The SMILES string of the molecule is CC(=O)OCCCS(=O)(=O)NC(=O)c1ccc(C)cc1C. The number of carbonyl (C=O) groups excluding carboxylic acids is 2. The van der Waals surface area contributed by atoms with Gasteiger partial charge in [-0.05, 0) is 31.9 Å². The van der Waals surface area contributed by atoms with Crippen LogP contribution < -0.4 is 4.72 Å². The maximum atomic E-state index is 12.0. The van der Waals surface area contributed by atoms with Crippen molar-refractivity contribution in [2.24, 2.45) is 0 Å². The van der Waals surface area contributed by atoms with Crippen LogP contribution in [0.4, 0.5) is 0 Å². The minimum absolute atomic E-state index is 0.00793. The van der Waals surface area contributed by atoms with E-state index in [0.717, 1.165) is 5.56 Å². The summed E-state index contributed by atoms with van der Waals surface area (Å²) in [5.41, 5.74) is 2.03. The Morgan fingerprint density at radius 1 is 1.24 bits per heavy atom. The van der Waals surface area contributed by atoms with E-state index in [0.29, 0.717) is 11.1 Å². The third-order valence-corrected chi connectivity index (χ3v) is 4.06. The van der Waals surface area contributed by atoms with Gasteiger partial charge in [-0.25, -0.2) is 13.1 Å². The van der Waals surface area contributed by atoms with Gasteiger partial charge in [0.1, 0.15) is 0 Å². The van der Waals surface area contributed by atoms with Crippen molar-refractivity contribution < 1.29 is 22.7 Å². The van der Waals surface area contributed by atoms with Gasteiger partial charge in [0.05, 0.1) is 12.4 Å². The molecule has 0 saturated heterocycles. The first-order valence-electron chi connectivity index (χ1n) is 6.47. The molecule has 0 heterocycles. The van der Waals surface area contributed by atoms with Crippen molar-refractivity contribution in [1.29, 1.82) is 0 Å². The molecule has 0 aliphatic rings. The Hall–Kier alpha value is -1.89. The molecule has 116 valence electrons. The van der Waals surface area contributed by atoms with E-state index in [4.69, 9.17) is 0 Å². The lowest BCUT2D eigenvalue weighted by molar-refractivity contribution is -0.140. The lowest BCUT2D eigenvalue weighted by Crippen LogP contribution is -2.33. The zero-order chi connectivity index (χ0) is 16.0. The average molecular weight is 313 g/mol. The Morgan fingerprint density at radius 2 is 1.90 bits per heavy atom. The fourth-order valence-electron chi connectivity index (χ4n) is 1.78. The van der Waals surface area contributed by atoms with Crippen LogP contribution in [0.3, 0.4) is 0 Å². The van der Waals surface area contributed by atoms with Crippen molar-refractivity contribution in [3.63, 3.8) is 0 Å². The number of hydrogen-bond donors (Lipinski definition) is 1. The quantitative estimate of drug-likeness (QED) is 0.632. The predicted octanol–water partition coefficient (Wildman–Crippen LogP) is 1.32. The summed E-state index contributed by atoms with van der Waals surface area (Å²) >= 11 is 0. The summed E-state index contributed by atoms with van der Waals surface area (Å²) in [6.45, 7) is 4.89. The molecule has 0 aromatic heterocycles. The summed E-state index contributed by atoms with van der Waals surface area (Å²) in [6, 6.07) is 5.14. The van der Waals surface area contributed by atoms with E-state index < -0.39 is 21.9 Å². The number of sulfonamides is 1. The van der Waals surface area contributed by atoms with E-state index in [-0.39, 0.29) is 18.8 Å². The molecule has 0 unspecified atom stereocenters. The van der Waals surface area contributed by atoms with Crippen LogP contribution in [0, 0.1) is 13.8 Å². The van der Waals surface area contributed by atoms with Crippen molar-refractivity contribution >= 4 is 21.9 Å². The van der Waals surface area contributed by atoms with E-state index in [1.54, 1.807) is 19.1 Å². The largest absolute Gasteiger partial charge is 0.466 e. The van der Waals surface area contributed by atoms with Gasteiger partial charge in [-0.15, -0.1) is 0 Å². The molecule has 0 bridgehead atoms. The summed E-state index contributed by atoms with van der Waals surface area (Å²) < 4.78 is 30.2. The van der Waals surface area contributed by atoms with Gasteiger partial charge < -0.3 is 4.74 Å². The van der Waals surface area contributed by atoms with Crippen LogP contribution in [0.1, 0.15) is 34.8 Å². The Morgan fingerprint density at radius 3 is 2.48 bits per heavy atom. The molecule has 1 aromatic carbocycles. The first-order chi connectivity index (χ1) is 9.71. The Labute approximate surface area is 124 Å². The van der Waals surface area contributed by atoms with Crippen molar-refractivity contribution in [2.75, 3.05) is 12.4 Å². The Bertz CT molecular complexity index is 637. The summed E-state index contributed by atoms with van der Waals surface area (Å²) in [5.74, 6) is -1.40. The smallest absolute Gasteiger partial charge is 0.302 e. The normalized spacial score (nSPS) is 11.0. The fraction of sp³-hybridized carbons (Fsp3) is 0.429. The average Bonchev–Trinajstić information content (AvgIpc) is 2.33. The van der Waals surface area contributed by atoms with E-state index in [1.165, 1.54) is 6.92 Å². The van der Waals surface area contributed by atoms with Crippen LogP contribution in [0.25, 0.3) is 0 Å². The summed E-state index contributed by atoms with van der Waals surface area (Å²) in [6.07, 6.45) is 0.134. The number of rotatable bonds is 6. The van der Waals surface area contributed by atoms with Gasteiger partial charge in [0.2, 0.25) is 10.0 Å². The molecule has 0 fully saturated rings. The van der Waals surface area contributed by atoms with Gasteiger partial charge >= 0.3 is 5.97 Å². The molecule has 0 aliphatic heterocycles. The molecular weight excluding hydrogens is 294 g/mol. The van der Waals surface area contributed by atoms with Gasteiger partial charge in [0.15, 0.2) is 0 Å². The lowest BCUT2D eigenvalue weighted by atomic mass is 10.1. The molecule has 1 rings (SSSR count). The highest BCUT2D eigenvalue weighted by molar-refractivity contribution is 7.90. The van der Waals surface area contributed by atoms with Gasteiger partial charge in [-0.1, -0.05) is 17.7 Å². The highest BCUT2D eigenvalue weighted by atomic mass is 32.2. The number of nitrogens with one attached hydrogen (secondary N) is 1. The van der Waals surface area contributed by atoms with Crippen molar-refractivity contribution in [1.82, 2.24) is 4.72 Å². The maximum Gasteiger partial charge on any atom is 0.302 e. The topological polar surface area (TPSA) is 89.5 Å². The number of aryl methyl sites for hydroxylation is 2. The van der Waals surface area contributed by atoms with Crippen molar-refractivity contribution in [3.05, 3.63) is 34.9 Å². The van der Waals surface area contributed by atoms with Crippen LogP contribution >= 0.6 is 0 Å². The molecule has 0 saturated carbocycles. The van der Waals surface area contributed by atoms with Crippen LogP contribution in [-0.2, 0) is 19.6 Å². The number of benzene rings is 1. The van der Waals surface area contributed by atoms with Gasteiger partial charge in [0, 0.05) is 12.5 Å². The second-order valence-corrected chi connectivity index (χ2v) is 6.60. The zero-order valence-corrected chi connectivity index (χ0v) is 13.1. The number of amides is 1. The van der Waals surface area contributed by atoms with Gasteiger partial charge in [-0.2, -0.15) is 0 Å². The second kappa shape index (κ2) is 7.21. The molecule has 21 heavy (non-hydrogen) atoms. The minimum Gasteiger partial charge on any atom is -0.466 e. The Kier molecular flexibility index (Phi) is 5.90. The second-order valence-electron chi connectivity index (χ2n) is 4.76. The van der Waals surface area contributed by atoms with E-state index >= 15 is 0 Å². The zero-order valence-electron chi connectivity index (χ0n) is 12.3. The monoisotopic (exact) mass is 313 g/mol. The predicted molar refractivity (Wildman–Crippen MR) is 78.4 cm³/mol. The first-order valence-corrected chi connectivity index (χ1v) is 8.12. The molecule has 1 aromatic rings. The van der Waals surface area contributed by atoms with E-state index in [1.807, 2.05) is 17.7 Å². The number of carbonyl (C=O) groups is 2. The molecule has 0 spiro atoms. The molecule has 0 aliphatic carbocycles. The molecule has 6 nitrogen and oxygen atoms in total. The number of esters is 1. The highest BCUT2D eigenvalue weighted by Gasteiger charge is 2.17. The lowest BCUT2D eigenvalue weighted by Gasteiger charge is -2.09. The molecule has 0 radical (unpaired) electrons. The molecule has 1 N–H and O–H groups in total. The molecule has 0 atom stereocenters. The molecule has 1 amide bonds. The third kappa shape index (κ3) is 5.95. The minimum atomic E-state index is -3.74. The summed E-state index contributed by atoms with van der Waals surface area (Å²) in [4.78, 5) is 22.5. The van der Waals surface area contributed by atoms with Crippen LogP contribution in [-0.4, -0.2) is 32.7 Å². The van der Waals surface area contributed by atoms with Gasteiger partial charge in [-0.3, -0.25) is 9.59 Å². The van der Waals surface area contributed by atoms with E-state index in [9.17, 15) is 18.0 Å². The van der Waals surface area contributed by atoms with Crippen LogP contribution in [0.5, 0.6) is 0 Å². The fourth-order valence-corrected chi connectivity index (χ4v) is 2.77. The number of ether oxygens (including phenoxy) is 1. The van der Waals surface area contributed by atoms with E-state index in [2.05, 4.69) is 4.74 Å². The third-order valence-electron chi connectivity index (χ3n) is 2.74. The molecule has 7 heteroatoms. The Balaban J connectivity index is 2.62. The summed E-state index contributed by atoms with van der Waals surface area (Å²) in [7, 11) is -3.74. The van der Waals surface area contributed by atoms with Crippen molar-refractivity contribution in [2.45, 2.75) is 27.2 Å². The van der Waals surface area contributed by atoms with Gasteiger partial charge in [0.25, 0.3) is 5.91 Å². The first kappa shape index (κ1) is 17.2. The maximum absolute atomic E-state index is 12.0. The molecular formula is C14H19NO5S. The number of hydrogen-bond acceptors (Lipinski definition) is 5. The van der Waals surface area contributed by atoms with Crippen molar-refractivity contribution in [3.8, 4) is 0 Å².